The Bertz CT molecular complexity index is 1170. The molecular formula is C24H14N4O. The summed E-state index contributed by atoms with van der Waals surface area (Å²) in [6.07, 6.45) is 3.29. The van der Waals surface area contributed by atoms with E-state index in [0.29, 0.717) is 45.1 Å². The minimum atomic E-state index is 0.466. The van der Waals surface area contributed by atoms with E-state index in [1.54, 1.807) is 36.7 Å². The second-order valence-corrected chi connectivity index (χ2v) is 6.12. The predicted octanol–water partition coefficient (Wildman–Crippen LogP) is 5.35. The van der Waals surface area contributed by atoms with Crippen molar-refractivity contribution in [2.24, 2.45) is 0 Å². The number of benzene rings is 2. The third-order valence-electron chi connectivity index (χ3n) is 4.36. The summed E-state index contributed by atoms with van der Waals surface area (Å²) in [6, 6.07) is 26.1. The number of para-hydroxylation sites is 2. The Hall–Kier alpha value is -4.48. The maximum atomic E-state index is 9.44. The summed E-state index contributed by atoms with van der Waals surface area (Å²) in [5.41, 5.74) is 3.46. The molecule has 0 N–H and O–H groups in total. The molecule has 0 aliphatic carbocycles. The molecule has 0 saturated heterocycles. The van der Waals surface area contributed by atoms with Crippen LogP contribution in [0.5, 0.6) is 11.5 Å². The van der Waals surface area contributed by atoms with Gasteiger partial charge in [0.25, 0.3) is 0 Å². The van der Waals surface area contributed by atoms with E-state index in [1.165, 1.54) is 0 Å². The van der Waals surface area contributed by atoms with Crippen LogP contribution in [0.4, 0.5) is 0 Å². The number of hydrogen-bond donors (Lipinski definition) is 0. The van der Waals surface area contributed by atoms with Crippen molar-refractivity contribution in [2.45, 2.75) is 0 Å². The van der Waals surface area contributed by atoms with E-state index in [1.807, 2.05) is 48.5 Å². The van der Waals surface area contributed by atoms with Crippen LogP contribution < -0.4 is 4.74 Å². The van der Waals surface area contributed by atoms with E-state index >= 15 is 0 Å². The summed E-state index contributed by atoms with van der Waals surface area (Å²) in [5, 5.41) is 18.9. The lowest BCUT2D eigenvalue weighted by Gasteiger charge is -2.14. The molecule has 2 heterocycles. The van der Waals surface area contributed by atoms with Crippen molar-refractivity contribution in [3.05, 3.63) is 96.3 Å². The Balaban J connectivity index is 1.82. The van der Waals surface area contributed by atoms with Crippen LogP contribution >= 0.6 is 0 Å². The van der Waals surface area contributed by atoms with Gasteiger partial charge >= 0.3 is 0 Å². The molecule has 0 amide bonds. The Morgan fingerprint density at radius 3 is 1.48 bits per heavy atom. The molecule has 0 spiro atoms. The van der Waals surface area contributed by atoms with Crippen LogP contribution in [-0.2, 0) is 0 Å². The number of ether oxygens (including phenoxy) is 1. The molecule has 4 rings (SSSR count). The third-order valence-corrected chi connectivity index (χ3v) is 4.36. The van der Waals surface area contributed by atoms with E-state index in [2.05, 4.69) is 22.1 Å². The summed E-state index contributed by atoms with van der Waals surface area (Å²) in [4.78, 5) is 8.74. The van der Waals surface area contributed by atoms with E-state index in [9.17, 15) is 10.5 Å². The van der Waals surface area contributed by atoms with Crippen molar-refractivity contribution in [3.63, 3.8) is 0 Å². The van der Waals surface area contributed by atoms with Gasteiger partial charge in [-0.25, -0.2) is 0 Å². The summed E-state index contributed by atoms with van der Waals surface area (Å²) in [6.45, 7) is 0. The molecular weight excluding hydrogens is 360 g/mol. The summed E-state index contributed by atoms with van der Waals surface area (Å²) in [7, 11) is 0. The number of hydrogen-bond acceptors (Lipinski definition) is 5. The van der Waals surface area contributed by atoms with Crippen molar-refractivity contribution < 1.29 is 4.74 Å². The highest BCUT2D eigenvalue weighted by molar-refractivity contribution is 5.75. The van der Waals surface area contributed by atoms with Gasteiger partial charge in [-0.1, -0.05) is 24.3 Å². The van der Waals surface area contributed by atoms with Gasteiger partial charge in [0, 0.05) is 23.5 Å². The monoisotopic (exact) mass is 374 g/mol. The number of nitrogens with zero attached hydrogens (tertiary/aromatic N) is 4. The van der Waals surface area contributed by atoms with Crippen LogP contribution in [0.15, 0.2) is 85.2 Å². The first-order valence-electron chi connectivity index (χ1n) is 8.88. The molecule has 4 aromatic rings. The Kier molecular flexibility index (Phi) is 4.96. The first-order chi connectivity index (χ1) is 14.3. The molecule has 2 aromatic carbocycles. The van der Waals surface area contributed by atoms with Crippen molar-refractivity contribution in [3.8, 4) is 46.2 Å². The van der Waals surface area contributed by atoms with Crippen molar-refractivity contribution in [1.29, 1.82) is 10.5 Å². The van der Waals surface area contributed by atoms with Gasteiger partial charge < -0.3 is 4.74 Å². The summed E-state index contributed by atoms with van der Waals surface area (Å²) >= 11 is 0. The number of aromatic nitrogens is 2. The average molecular weight is 374 g/mol. The quantitative estimate of drug-likeness (QED) is 0.481. The van der Waals surface area contributed by atoms with Gasteiger partial charge in [0.1, 0.15) is 23.6 Å². The largest absolute Gasteiger partial charge is 0.456 e. The topological polar surface area (TPSA) is 82.6 Å². The molecule has 0 saturated carbocycles. The highest BCUT2D eigenvalue weighted by Gasteiger charge is 2.16. The van der Waals surface area contributed by atoms with Gasteiger partial charge in [-0.3, -0.25) is 9.97 Å². The average Bonchev–Trinajstić information content (AvgIpc) is 2.80. The fraction of sp³-hybridized carbons (Fsp3) is 0. The normalized spacial score (nSPS) is 10.0. The molecule has 29 heavy (non-hydrogen) atoms. The van der Waals surface area contributed by atoms with Crippen molar-refractivity contribution in [2.75, 3.05) is 0 Å². The number of pyridine rings is 2. The number of rotatable bonds is 4. The Morgan fingerprint density at radius 2 is 1.03 bits per heavy atom. The zero-order valence-corrected chi connectivity index (χ0v) is 15.3. The van der Waals surface area contributed by atoms with Gasteiger partial charge in [-0.15, -0.1) is 0 Å². The van der Waals surface area contributed by atoms with E-state index in [4.69, 9.17) is 4.74 Å². The zero-order chi connectivity index (χ0) is 20.1. The second kappa shape index (κ2) is 8.04. The maximum Gasteiger partial charge on any atom is 0.136 e. The van der Waals surface area contributed by atoms with Crippen LogP contribution in [0.3, 0.4) is 0 Å². The molecule has 0 radical (unpaired) electrons. The maximum absolute atomic E-state index is 9.44. The van der Waals surface area contributed by atoms with E-state index in [-0.39, 0.29) is 0 Å². The zero-order valence-electron chi connectivity index (χ0n) is 15.3. The molecule has 0 fully saturated rings. The fourth-order valence-electron chi connectivity index (χ4n) is 3.04. The highest BCUT2D eigenvalue weighted by atomic mass is 16.5. The van der Waals surface area contributed by atoms with Gasteiger partial charge in [-0.05, 0) is 48.5 Å². The fourth-order valence-corrected chi connectivity index (χ4v) is 3.04. The van der Waals surface area contributed by atoms with Crippen LogP contribution in [0.25, 0.3) is 22.5 Å². The summed E-state index contributed by atoms with van der Waals surface area (Å²) < 4.78 is 6.25. The van der Waals surface area contributed by atoms with Gasteiger partial charge in [0.15, 0.2) is 0 Å². The van der Waals surface area contributed by atoms with Gasteiger partial charge in [0.05, 0.1) is 22.5 Å². The molecule has 0 atom stereocenters. The smallest absolute Gasteiger partial charge is 0.136 e. The molecule has 5 heteroatoms. The molecule has 2 aromatic heterocycles. The van der Waals surface area contributed by atoms with Crippen molar-refractivity contribution >= 4 is 0 Å². The SMILES string of the molecule is N#Cc1cccnc1-c1ccccc1Oc1ccccc1-c1ncccc1C#N. The Morgan fingerprint density at radius 1 is 0.586 bits per heavy atom. The van der Waals surface area contributed by atoms with E-state index in [0.717, 1.165) is 0 Å². The van der Waals surface area contributed by atoms with Crippen LogP contribution in [-0.4, -0.2) is 9.97 Å². The molecule has 136 valence electrons. The molecule has 0 unspecified atom stereocenters. The number of nitriles is 2. The van der Waals surface area contributed by atoms with Crippen molar-refractivity contribution in [1.82, 2.24) is 9.97 Å². The highest BCUT2D eigenvalue weighted by Crippen LogP contribution is 2.38. The van der Waals surface area contributed by atoms with Gasteiger partial charge in [0.2, 0.25) is 0 Å². The minimum absolute atomic E-state index is 0.466. The first kappa shape index (κ1) is 17.9. The van der Waals surface area contributed by atoms with Crippen LogP contribution in [0.1, 0.15) is 11.1 Å². The lowest BCUT2D eigenvalue weighted by molar-refractivity contribution is 0.486. The molecule has 5 nitrogen and oxygen atoms in total. The van der Waals surface area contributed by atoms with Crippen LogP contribution in [0, 0.1) is 22.7 Å². The minimum Gasteiger partial charge on any atom is -0.456 e. The third kappa shape index (κ3) is 3.53. The first-order valence-corrected chi connectivity index (χ1v) is 8.88. The standard InChI is InChI=1S/C24H14N4O/c25-15-17-7-5-13-27-23(17)19-9-1-3-11-21(19)29-22-12-4-2-10-20(22)24-18(16-26)8-6-14-28-24/h1-14H. The lowest BCUT2D eigenvalue weighted by Crippen LogP contribution is -1.95. The Labute approximate surface area is 168 Å². The lowest BCUT2D eigenvalue weighted by atomic mass is 10.0. The second-order valence-electron chi connectivity index (χ2n) is 6.12. The molecule has 0 aliphatic rings. The predicted molar refractivity (Wildman–Crippen MR) is 109 cm³/mol. The van der Waals surface area contributed by atoms with E-state index < -0.39 is 0 Å². The summed E-state index contributed by atoms with van der Waals surface area (Å²) in [5.74, 6) is 1.12. The van der Waals surface area contributed by atoms with Crippen LogP contribution in [0.2, 0.25) is 0 Å². The molecule has 0 bridgehead atoms. The molecule has 0 aliphatic heterocycles. The van der Waals surface area contributed by atoms with Gasteiger partial charge in [-0.2, -0.15) is 10.5 Å².